The van der Waals surface area contributed by atoms with Gasteiger partial charge >= 0.3 is 0 Å². The molecule has 0 fully saturated rings. The Morgan fingerprint density at radius 2 is 1.93 bits per heavy atom. The van der Waals surface area contributed by atoms with E-state index in [0.29, 0.717) is 48.1 Å². The molecule has 2 aromatic heterocycles. The molecule has 3 aromatic rings. The largest absolute Gasteiger partial charge is 0.493 e. The van der Waals surface area contributed by atoms with Gasteiger partial charge in [0.25, 0.3) is 0 Å². The van der Waals surface area contributed by atoms with Crippen LogP contribution in [0.1, 0.15) is 42.3 Å². The summed E-state index contributed by atoms with van der Waals surface area (Å²) >= 11 is 0. The second kappa shape index (κ2) is 8.56. The van der Waals surface area contributed by atoms with Gasteiger partial charge in [0.15, 0.2) is 23.0 Å². The predicted molar refractivity (Wildman–Crippen MR) is 109 cm³/mol. The van der Waals surface area contributed by atoms with Crippen LogP contribution in [0.15, 0.2) is 24.3 Å². The van der Waals surface area contributed by atoms with Gasteiger partial charge in [0.2, 0.25) is 11.8 Å². The summed E-state index contributed by atoms with van der Waals surface area (Å²) in [7, 11) is 4.81. The Morgan fingerprint density at radius 3 is 2.70 bits per heavy atom. The van der Waals surface area contributed by atoms with Gasteiger partial charge in [0.05, 0.1) is 27.4 Å². The fourth-order valence-electron chi connectivity index (χ4n) is 3.84. The van der Waals surface area contributed by atoms with Crippen molar-refractivity contribution < 1.29 is 19.0 Å². The van der Waals surface area contributed by atoms with Gasteiger partial charge in [-0.1, -0.05) is 0 Å². The summed E-state index contributed by atoms with van der Waals surface area (Å²) in [5.41, 5.74) is 2.94. The SMILES string of the molecule is COc1ccc2nnc(CCCC(=O)NC3CCc4cc(OC)c(OC)cc43)n2n1. The minimum Gasteiger partial charge on any atom is -0.493 e. The van der Waals surface area contributed by atoms with Crippen LogP contribution in [0.2, 0.25) is 0 Å². The summed E-state index contributed by atoms with van der Waals surface area (Å²) in [6, 6.07) is 7.50. The molecular weight excluding hydrogens is 386 g/mol. The number of nitrogens with zero attached hydrogens (tertiary/aromatic N) is 4. The molecule has 30 heavy (non-hydrogen) atoms. The number of hydrogen-bond acceptors (Lipinski definition) is 7. The first-order chi connectivity index (χ1) is 14.6. The van der Waals surface area contributed by atoms with Gasteiger partial charge in [-0.15, -0.1) is 15.3 Å². The quantitative estimate of drug-likeness (QED) is 0.607. The zero-order valence-corrected chi connectivity index (χ0v) is 17.3. The topological polar surface area (TPSA) is 99.9 Å². The van der Waals surface area contributed by atoms with Crippen molar-refractivity contribution in [3.8, 4) is 17.4 Å². The van der Waals surface area contributed by atoms with E-state index in [1.54, 1.807) is 38.0 Å². The minimum absolute atomic E-state index is 0.00726. The van der Waals surface area contributed by atoms with Crippen LogP contribution in [-0.4, -0.2) is 47.0 Å². The molecule has 0 saturated heterocycles. The van der Waals surface area contributed by atoms with Crippen LogP contribution in [0.3, 0.4) is 0 Å². The highest BCUT2D eigenvalue weighted by Crippen LogP contribution is 2.39. The third kappa shape index (κ3) is 3.87. The molecule has 1 aromatic carbocycles. The number of amides is 1. The summed E-state index contributed by atoms with van der Waals surface area (Å²) < 4.78 is 17.6. The van der Waals surface area contributed by atoms with E-state index >= 15 is 0 Å². The Hall–Kier alpha value is -3.36. The fourth-order valence-corrected chi connectivity index (χ4v) is 3.84. The number of carbonyl (C=O) groups excluding carboxylic acids is 1. The number of fused-ring (bicyclic) bond motifs is 2. The second-order valence-electron chi connectivity index (χ2n) is 7.18. The van der Waals surface area contributed by atoms with E-state index in [-0.39, 0.29) is 11.9 Å². The Morgan fingerprint density at radius 1 is 1.13 bits per heavy atom. The van der Waals surface area contributed by atoms with Gasteiger partial charge in [-0.2, -0.15) is 4.52 Å². The van der Waals surface area contributed by atoms with Crippen molar-refractivity contribution in [2.24, 2.45) is 0 Å². The maximum absolute atomic E-state index is 12.5. The van der Waals surface area contributed by atoms with Gasteiger partial charge < -0.3 is 19.5 Å². The standard InChI is InChI=1S/C21H25N5O4/c1-28-16-11-13-7-8-15(14(13)12-17(16)29-2)22-20(27)6-4-5-18-23-24-19-9-10-21(30-3)25-26(18)19/h9-12,15H,4-8H2,1-3H3,(H,22,27). The summed E-state index contributed by atoms with van der Waals surface area (Å²) in [6.07, 6.45) is 3.42. The van der Waals surface area contributed by atoms with Crippen LogP contribution in [-0.2, 0) is 17.6 Å². The molecule has 0 radical (unpaired) electrons. The Labute approximate surface area is 174 Å². The van der Waals surface area contributed by atoms with Crippen molar-refractivity contribution >= 4 is 11.6 Å². The number of benzene rings is 1. The Kier molecular flexibility index (Phi) is 5.69. The summed E-state index contributed by atoms with van der Waals surface area (Å²) in [5, 5.41) is 15.8. The predicted octanol–water partition coefficient (Wildman–Crippen LogP) is 2.28. The van der Waals surface area contributed by atoms with E-state index in [1.165, 1.54) is 5.56 Å². The molecule has 4 rings (SSSR count). The maximum atomic E-state index is 12.5. The minimum atomic E-state index is -0.00726. The molecule has 1 atom stereocenters. The highest BCUT2D eigenvalue weighted by atomic mass is 16.5. The fraction of sp³-hybridized carbons (Fsp3) is 0.429. The molecule has 0 aliphatic heterocycles. The van der Waals surface area contributed by atoms with E-state index in [1.807, 2.05) is 12.1 Å². The summed E-state index contributed by atoms with van der Waals surface area (Å²) in [4.78, 5) is 12.5. The normalized spacial score (nSPS) is 15.1. The number of carbonyl (C=O) groups is 1. The average Bonchev–Trinajstić information content (AvgIpc) is 3.35. The number of hydrogen-bond donors (Lipinski definition) is 1. The molecule has 1 unspecified atom stereocenters. The van der Waals surface area contributed by atoms with Gasteiger partial charge in [-0.05, 0) is 48.6 Å². The molecule has 9 heteroatoms. The van der Waals surface area contributed by atoms with Crippen LogP contribution in [0.5, 0.6) is 17.4 Å². The van der Waals surface area contributed by atoms with Gasteiger partial charge in [0.1, 0.15) is 0 Å². The molecule has 1 aliphatic carbocycles. The van der Waals surface area contributed by atoms with Crippen LogP contribution >= 0.6 is 0 Å². The number of methoxy groups -OCH3 is 3. The number of nitrogens with one attached hydrogen (secondary N) is 1. The lowest BCUT2D eigenvalue weighted by atomic mass is 10.1. The van der Waals surface area contributed by atoms with Gasteiger partial charge in [-0.25, -0.2) is 0 Å². The third-order valence-electron chi connectivity index (χ3n) is 5.37. The molecule has 1 aliphatic rings. The molecule has 0 spiro atoms. The van der Waals surface area contributed by atoms with Crippen LogP contribution in [0.4, 0.5) is 0 Å². The molecule has 1 N–H and O–H groups in total. The lowest BCUT2D eigenvalue weighted by Crippen LogP contribution is -2.27. The van der Waals surface area contributed by atoms with Crippen molar-refractivity contribution in [1.82, 2.24) is 25.1 Å². The molecule has 0 bridgehead atoms. The summed E-state index contributed by atoms with van der Waals surface area (Å²) in [6.45, 7) is 0. The van der Waals surface area contributed by atoms with Crippen molar-refractivity contribution in [1.29, 1.82) is 0 Å². The van der Waals surface area contributed by atoms with Gasteiger partial charge in [0, 0.05) is 18.9 Å². The highest BCUT2D eigenvalue weighted by molar-refractivity contribution is 5.76. The van der Waals surface area contributed by atoms with Crippen LogP contribution in [0, 0.1) is 0 Å². The molecular formula is C21H25N5O4. The molecule has 2 heterocycles. The highest BCUT2D eigenvalue weighted by Gasteiger charge is 2.26. The molecule has 0 saturated carbocycles. The molecule has 9 nitrogen and oxygen atoms in total. The monoisotopic (exact) mass is 411 g/mol. The molecule has 1 amide bonds. The number of aromatic nitrogens is 4. The van der Waals surface area contributed by atoms with Crippen molar-refractivity contribution in [3.05, 3.63) is 41.2 Å². The van der Waals surface area contributed by atoms with E-state index in [4.69, 9.17) is 14.2 Å². The third-order valence-corrected chi connectivity index (χ3v) is 5.37. The van der Waals surface area contributed by atoms with Crippen molar-refractivity contribution in [3.63, 3.8) is 0 Å². The average molecular weight is 411 g/mol. The number of rotatable bonds is 8. The van der Waals surface area contributed by atoms with Crippen molar-refractivity contribution in [2.75, 3.05) is 21.3 Å². The van der Waals surface area contributed by atoms with Crippen LogP contribution in [0.25, 0.3) is 5.65 Å². The maximum Gasteiger partial charge on any atom is 0.231 e. The van der Waals surface area contributed by atoms with E-state index < -0.39 is 0 Å². The number of ether oxygens (including phenoxy) is 3. The van der Waals surface area contributed by atoms with E-state index in [0.717, 1.165) is 18.4 Å². The Balaban J connectivity index is 1.36. The second-order valence-corrected chi connectivity index (χ2v) is 7.18. The lowest BCUT2D eigenvalue weighted by molar-refractivity contribution is -0.121. The molecule has 158 valence electrons. The van der Waals surface area contributed by atoms with Crippen LogP contribution < -0.4 is 19.5 Å². The lowest BCUT2D eigenvalue weighted by Gasteiger charge is -2.16. The smallest absolute Gasteiger partial charge is 0.231 e. The zero-order valence-electron chi connectivity index (χ0n) is 17.3. The van der Waals surface area contributed by atoms with E-state index in [2.05, 4.69) is 20.6 Å². The van der Waals surface area contributed by atoms with Gasteiger partial charge in [-0.3, -0.25) is 4.79 Å². The first-order valence-corrected chi connectivity index (χ1v) is 9.92. The Bertz CT molecular complexity index is 1060. The van der Waals surface area contributed by atoms with E-state index in [9.17, 15) is 4.79 Å². The van der Waals surface area contributed by atoms with Crippen molar-refractivity contribution in [2.45, 2.75) is 38.1 Å². The first kappa shape index (κ1) is 19.9. The first-order valence-electron chi connectivity index (χ1n) is 9.92. The number of aryl methyl sites for hydroxylation is 2. The zero-order chi connectivity index (χ0) is 21.1. The summed E-state index contributed by atoms with van der Waals surface area (Å²) in [5.74, 6) is 2.61.